The number of benzene rings is 2. The number of halogens is 4. The van der Waals surface area contributed by atoms with Crippen LogP contribution in [0.3, 0.4) is 0 Å². The highest BCUT2D eigenvalue weighted by Gasteiger charge is 2.48. The Kier molecular flexibility index (Phi) is 6.86. The number of hydrogen-bond donors (Lipinski definition) is 0. The second-order valence-corrected chi connectivity index (χ2v) is 7.23. The molecule has 0 aliphatic rings. The van der Waals surface area contributed by atoms with Gasteiger partial charge in [-0.15, -0.1) is 0 Å². The summed E-state index contributed by atoms with van der Waals surface area (Å²) in [5, 5.41) is 0. The van der Waals surface area contributed by atoms with Crippen LogP contribution in [0.1, 0.15) is 36.5 Å². The third kappa shape index (κ3) is 5.86. The van der Waals surface area contributed by atoms with Crippen LogP contribution in [0.5, 0.6) is 5.75 Å². The maximum atomic E-state index is 14.1. The van der Waals surface area contributed by atoms with Crippen molar-refractivity contribution in [1.29, 1.82) is 0 Å². The van der Waals surface area contributed by atoms with E-state index in [0.29, 0.717) is 11.1 Å². The van der Waals surface area contributed by atoms with Crippen LogP contribution in [-0.2, 0) is 10.1 Å². The van der Waals surface area contributed by atoms with Crippen molar-refractivity contribution in [2.45, 2.75) is 25.3 Å². The van der Waals surface area contributed by atoms with E-state index in [0.717, 1.165) is 25.0 Å². The lowest BCUT2D eigenvalue weighted by atomic mass is 10.1. The van der Waals surface area contributed by atoms with Crippen molar-refractivity contribution in [2.24, 2.45) is 0 Å². The number of hydrogen-bond acceptors (Lipinski definition) is 3. The Bertz CT molecular complexity index is 1010. The summed E-state index contributed by atoms with van der Waals surface area (Å²) in [5.41, 5.74) is -4.29. The highest BCUT2D eigenvalue weighted by Crippen LogP contribution is 2.26. The van der Waals surface area contributed by atoms with Gasteiger partial charge < -0.3 is 4.18 Å². The molecule has 0 saturated heterocycles. The second kappa shape index (κ2) is 8.93. The Balaban J connectivity index is 2.13. The third-order valence-electron chi connectivity index (χ3n) is 3.44. The Hall–Kier alpha value is -2.79. The topological polar surface area (TPSA) is 43.4 Å². The fourth-order valence-electron chi connectivity index (χ4n) is 2.03. The first-order chi connectivity index (χ1) is 13.1. The van der Waals surface area contributed by atoms with Gasteiger partial charge in [-0.2, -0.15) is 21.6 Å². The molecule has 2 aromatic carbocycles. The van der Waals surface area contributed by atoms with Crippen LogP contribution in [0.4, 0.5) is 17.6 Å². The second-order valence-electron chi connectivity index (χ2n) is 5.69. The molecule has 0 amide bonds. The quantitative estimate of drug-likeness (QED) is 0.291. The molecule has 0 fully saturated rings. The van der Waals surface area contributed by atoms with E-state index in [9.17, 15) is 26.0 Å². The van der Waals surface area contributed by atoms with Gasteiger partial charge in [0.1, 0.15) is 11.6 Å². The average Bonchev–Trinajstić information content (AvgIpc) is 2.61. The molecule has 0 atom stereocenters. The fourth-order valence-corrected chi connectivity index (χ4v) is 2.49. The first-order valence-corrected chi connectivity index (χ1v) is 9.62. The molecule has 3 nitrogen and oxygen atoms in total. The van der Waals surface area contributed by atoms with Gasteiger partial charge in [0.05, 0.1) is 5.56 Å². The van der Waals surface area contributed by atoms with Crippen molar-refractivity contribution in [1.82, 2.24) is 0 Å². The number of allylic oxidation sites excluding steroid dienone is 1. The molecular weight excluding hydrogens is 396 g/mol. The largest absolute Gasteiger partial charge is 0.534 e. The molecule has 0 aliphatic carbocycles. The van der Waals surface area contributed by atoms with E-state index in [1.807, 2.05) is 19.1 Å². The van der Waals surface area contributed by atoms with Crippen LogP contribution >= 0.6 is 0 Å². The maximum Gasteiger partial charge on any atom is 0.534 e. The smallest absolute Gasteiger partial charge is 0.376 e. The molecule has 148 valence electrons. The van der Waals surface area contributed by atoms with Crippen molar-refractivity contribution in [2.75, 3.05) is 0 Å². The lowest BCUT2D eigenvalue weighted by Crippen LogP contribution is -2.28. The van der Waals surface area contributed by atoms with Gasteiger partial charge in [0.15, 0.2) is 0 Å². The summed E-state index contributed by atoms with van der Waals surface area (Å²) < 4.78 is 76.8. The van der Waals surface area contributed by atoms with E-state index >= 15 is 0 Å². The molecule has 0 unspecified atom stereocenters. The third-order valence-corrected chi connectivity index (χ3v) is 4.42. The molecule has 0 aromatic heterocycles. The van der Waals surface area contributed by atoms with E-state index in [1.54, 1.807) is 6.07 Å². The lowest BCUT2D eigenvalue weighted by molar-refractivity contribution is -0.0500. The van der Waals surface area contributed by atoms with Crippen LogP contribution in [0.25, 0.3) is 6.08 Å². The van der Waals surface area contributed by atoms with Crippen molar-refractivity contribution in [3.63, 3.8) is 0 Å². The minimum atomic E-state index is -5.73. The zero-order valence-electron chi connectivity index (χ0n) is 14.8. The Morgan fingerprint density at radius 2 is 1.75 bits per heavy atom. The van der Waals surface area contributed by atoms with Gasteiger partial charge in [-0.3, -0.25) is 0 Å². The Labute approximate surface area is 160 Å². The molecule has 0 aliphatic heterocycles. The van der Waals surface area contributed by atoms with Crippen LogP contribution in [0.15, 0.2) is 48.5 Å². The SMILES string of the molecule is CCC/C=C/c1ccc(C#Cc2ccc(OS(=O)(=O)C(F)(F)F)cc2)c(F)c1. The predicted octanol–water partition coefficient (Wildman–Crippen LogP) is 5.27. The van der Waals surface area contributed by atoms with Crippen molar-refractivity contribution < 1.29 is 30.2 Å². The zero-order chi connectivity index (χ0) is 20.8. The summed E-state index contributed by atoms with van der Waals surface area (Å²) in [4.78, 5) is 0. The zero-order valence-corrected chi connectivity index (χ0v) is 15.6. The minimum absolute atomic E-state index is 0.160. The standard InChI is InChI=1S/C20H16F4O3S/c1-2-3-4-5-16-7-11-17(19(21)14-16)10-6-15-8-12-18(13-9-15)27-28(25,26)20(22,23)24/h4-5,7-9,11-14H,2-3H2,1H3/b5-4+. The normalized spacial score (nSPS) is 11.9. The van der Waals surface area contributed by atoms with E-state index < -0.39 is 27.2 Å². The summed E-state index contributed by atoms with van der Waals surface area (Å²) in [6.07, 6.45) is 5.65. The van der Waals surface area contributed by atoms with Crippen molar-refractivity contribution in [3.05, 3.63) is 71.0 Å². The molecule has 8 heteroatoms. The van der Waals surface area contributed by atoms with Crippen LogP contribution in [-0.4, -0.2) is 13.9 Å². The van der Waals surface area contributed by atoms with Gasteiger partial charge in [0, 0.05) is 5.56 Å². The lowest BCUT2D eigenvalue weighted by Gasteiger charge is -2.09. The van der Waals surface area contributed by atoms with Gasteiger partial charge >= 0.3 is 15.6 Å². The molecule has 0 saturated carbocycles. The number of rotatable bonds is 5. The highest BCUT2D eigenvalue weighted by molar-refractivity contribution is 7.88. The van der Waals surface area contributed by atoms with Crippen molar-refractivity contribution >= 4 is 16.2 Å². The van der Waals surface area contributed by atoms with Gasteiger partial charge in [-0.25, -0.2) is 4.39 Å². The summed E-state index contributed by atoms with van der Waals surface area (Å²) in [7, 11) is -5.73. The van der Waals surface area contributed by atoms with E-state index in [1.165, 1.54) is 24.3 Å². The molecule has 28 heavy (non-hydrogen) atoms. The maximum absolute atomic E-state index is 14.1. The monoisotopic (exact) mass is 412 g/mol. The molecule has 0 radical (unpaired) electrons. The molecule has 0 spiro atoms. The van der Waals surface area contributed by atoms with E-state index in [-0.39, 0.29) is 5.56 Å². The number of unbranched alkanes of at least 4 members (excludes halogenated alkanes) is 1. The van der Waals surface area contributed by atoms with E-state index in [2.05, 4.69) is 16.0 Å². The Morgan fingerprint density at radius 1 is 1.07 bits per heavy atom. The fraction of sp³-hybridized carbons (Fsp3) is 0.200. The van der Waals surface area contributed by atoms with Gasteiger partial charge in [-0.1, -0.05) is 43.4 Å². The summed E-state index contributed by atoms with van der Waals surface area (Å²) in [6, 6.07) is 9.22. The molecule has 0 heterocycles. The summed E-state index contributed by atoms with van der Waals surface area (Å²) >= 11 is 0. The molecule has 2 rings (SSSR count). The molecule has 0 N–H and O–H groups in total. The van der Waals surface area contributed by atoms with Crippen LogP contribution < -0.4 is 4.18 Å². The first kappa shape index (κ1) is 21.5. The van der Waals surface area contributed by atoms with Crippen molar-refractivity contribution in [3.8, 4) is 17.6 Å². The number of alkyl halides is 3. The molecule has 0 bridgehead atoms. The van der Waals surface area contributed by atoms with E-state index in [4.69, 9.17) is 0 Å². The molecule has 2 aromatic rings. The average molecular weight is 412 g/mol. The van der Waals surface area contributed by atoms with Crippen LogP contribution in [0, 0.1) is 17.7 Å². The van der Waals surface area contributed by atoms with Gasteiger partial charge in [-0.05, 0) is 48.4 Å². The highest BCUT2D eigenvalue weighted by atomic mass is 32.2. The van der Waals surface area contributed by atoms with Crippen LogP contribution in [0.2, 0.25) is 0 Å². The molecular formula is C20H16F4O3S. The summed E-state index contributed by atoms with van der Waals surface area (Å²) in [6.45, 7) is 2.04. The Morgan fingerprint density at radius 3 is 2.32 bits per heavy atom. The predicted molar refractivity (Wildman–Crippen MR) is 98.4 cm³/mol. The minimum Gasteiger partial charge on any atom is -0.376 e. The first-order valence-electron chi connectivity index (χ1n) is 8.21. The van der Waals surface area contributed by atoms with Gasteiger partial charge in [0.25, 0.3) is 0 Å². The summed E-state index contributed by atoms with van der Waals surface area (Å²) in [5.74, 6) is 4.29. The van der Waals surface area contributed by atoms with Gasteiger partial charge in [0.2, 0.25) is 0 Å².